The third-order valence-corrected chi connectivity index (χ3v) is 5.65. The molecule has 0 unspecified atom stereocenters. The minimum atomic E-state index is -1.17. The number of esters is 1. The molecule has 11 nitrogen and oxygen atoms in total. The Morgan fingerprint density at radius 2 is 1.80 bits per heavy atom. The highest BCUT2D eigenvalue weighted by Gasteiger charge is 2.47. The number of nitrogens with one attached hydrogen (secondary N) is 4. The summed E-state index contributed by atoms with van der Waals surface area (Å²) in [5, 5.41) is 10.1. The smallest absolute Gasteiger partial charge is 0.408 e. The van der Waals surface area contributed by atoms with Crippen LogP contribution in [0.5, 0.6) is 0 Å². The van der Waals surface area contributed by atoms with E-state index in [0.29, 0.717) is 19.4 Å². The lowest BCUT2D eigenvalue weighted by atomic mass is 9.90. The van der Waals surface area contributed by atoms with E-state index in [1.54, 1.807) is 20.8 Å². The molecular weight excluding hydrogens is 456 g/mol. The number of hydrogen-bond acceptors (Lipinski definition) is 7. The molecule has 11 heteroatoms. The van der Waals surface area contributed by atoms with Crippen LogP contribution in [0.1, 0.15) is 51.6 Å². The third-order valence-electron chi connectivity index (χ3n) is 5.65. The molecule has 1 aliphatic rings. The number of urea groups is 1. The molecule has 0 aromatic heterocycles. The van der Waals surface area contributed by atoms with Crippen LogP contribution in [0.4, 0.5) is 9.59 Å². The Hall–Kier alpha value is -3.63. The van der Waals surface area contributed by atoms with Crippen LogP contribution in [0, 0.1) is 5.41 Å². The summed E-state index contributed by atoms with van der Waals surface area (Å²) in [7, 11) is 1.50. The summed E-state index contributed by atoms with van der Waals surface area (Å²) in [5.41, 5.74) is 0.0990. The van der Waals surface area contributed by atoms with Gasteiger partial charge in [-0.2, -0.15) is 0 Å². The summed E-state index contributed by atoms with van der Waals surface area (Å²) < 4.78 is 10.2. The van der Waals surface area contributed by atoms with Crippen molar-refractivity contribution in [2.45, 2.75) is 58.2 Å². The fourth-order valence-electron chi connectivity index (χ4n) is 3.50. The Morgan fingerprint density at radius 1 is 1.11 bits per heavy atom. The summed E-state index contributed by atoms with van der Waals surface area (Å²) in [6.45, 7) is 5.64. The number of benzene rings is 1. The first-order valence-corrected chi connectivity index (χ1v) is 11.5. The second-order valence-corrected chi connectivity index (χ2v) is 9.05. The van der Waals surface area contributed by atoms with Crippen LogP contribution in [-0.2, 0) is 23.9 Å². The maximum Gasteiger partial charge on any atom is 0.408 e. The van der Waals surface area contributed by atoms with Crippen LogP contribution < -0.4 is 21.3 Å². The number of carbonyl (C=O) groups is 5. The lowest BCUT2D eigenvalue weighted by Gasteiger charge is -2.24. The molecule has 1 fully saturated rings. The van der Waals surface area contributed by atoms with Crippen LogP contribution in [-0.4, -0.2) is 62.1 Å². The number of amides is 4. The molecule has 2 rings (SSSR count). The average molecular weight is 491 g/mol. The number of unbranched alkanes of at least 4 members (excludes halogenated alkanes) is 1. The molecule has 192 valence electrons. The molecular formula is C24H34N4O7. The maximum atomic E-state index is 12.9. The second kappa shape index (κ2) is 12.7. The van der Waals surface area contributed by atoms with Gasteiger partial charge in [0.15, 0.2) is 0 Å². The van der Waals surface area contributed by atoms with Crippen molar-refractivity contribution in [1.29, 1.82) is 0 Å². The van der Waals surface area contributed by atoms with Crippen molar-refractivity contribution in [1.82, 2.24) is 21.3 Å². The van der Waals surface area contributed by atoms with E-state index in [4.69, 9.17) is 9.47 Å². The highest BCUT2D eigenvalue weighted by molar-refractivity contribution is 6.38. The van der Waals surface area contributed by atoms with E-state index in [1.807, 2.05) is 30.3 Å². The predicted molar refractivity (Wildman–Crippen MR) is 126 cm³/mol. The fraction of sp³-hybridized carbons (Fsp3) is 0.542. The number of Topliss-reactive ketones (excluding diaryl/α,β-unsaturated/α-hetero) is 1. The molecule has 3 atom stereocenters. The van der Waals surface area contributed by atoms with E-state index in [0.717, 1.165) is 5.56 Å². The van der Waals surface area contributed by atoms with E-state index in [9.17, 15) is 24.0 Å². The van der Waals surface area contributed by atoms with Crippen molar-refractivity contribution in [2.24, 2.45) is 5.41 Å². The van der Waals surface area contributed by atoms with Crippen LogP contribution in [0.25, 0.3) is 0 Å². The summed E-state index contributed by atoms with van der Waals surface area (Å²) in [6, 6.07) is 7.20. The zero-order valence-electron chi connectivity index (χ0n) is 20.5. The standard InChI is InChI=1S/C24H34N4O7/c1-15(16-10-6-5-7-11-16)27-20(30)18(29)17(12-8-9-13-26-22(32)25-4)28-23(33)35-19-21(31)34-14-24(19,2)3/h5-7,10-11,15,17,19H,8-9,12-14H2,1-4H3,(H,27,30)(H,28,33)(H2,25,26,32)/t15-,17+,19-/m1/s1. The highest BCUT2D eigenvalue weighted by atomic mass is 16.6. The lowest BCUT2D eigenvalue weighted by molar-refractivity contribution is -0.145. The minimum absolute atomic E-state index is 0.101. The van der Waals surface area contributed by atoms with Gasteiger partial charge in [-0.05, 0) is 31.7 Å². The van der Waals surface area contributed by atoms with Gasteiger partial charge in [-0.3, -0.25) is 9.59 Å². The molecule has 4 N–H and O–H groups in total. The SMILES string of the molecule is CNC(=O)NCCCC[C@H](NC(=O)O[C@@H]1C(=O)OCC1(C)C)C(=O)C(=O)N[C@H](C)c1ccccc1. The van der Waals surface area contributed by atoms with Crippen molar-refractivity contribution in [3.05, 3.63) is 35.9 Å². The fourth-order valence-corrected chi connectivity index (χ4v) is 3.50. The van der Waals surface area contributed by atoms with Gasteiger partial charge >= 0.3 is 18.1 Å². The molecule has 1 aliphatic heterocycles. The van der Waals surface area contributed by atoms with Crippen LogP contribution >= 0.6 is 0 Å². The summed E-state index contributed by atoms with van der Waals surface area (Å²) >= 11 is 0. The van der Waals surface area contributed by atoms with Crippen LogP contribution in [0.15, 0.2) is 30.3 Å². The number of rotatable bonds is 11. The van der Waals surface area contributed by atoms with Gasteiger partial charge in [0, 0.05) is 19.0 Å². The Morgan fingerprint density at radius 3 is 2.40 bits per heavy atom. The first kappa shape index (κ1) is 27.6. The Bertz CT molecular complexity index is 920. The van der Waals surface area contributed by atoms with Crippen molar-refractivity contribution in [3.63, 3.8) is 0 Å². The predicted octanol–water partition coefficient (Wildman–Crippen LogP) is 1.58. The average Bonchev–Trinajstić information content (AvgIpc) is 3.09. The Balaban J connectivity index is 2.01. The molecule has 1 heterocycles. The number of cyclic esters (lactones) is 1. The number of hydrogen-bond donors (Lipinski definition) is 4. The van der Waals surface area contributed by atoms with Crippen molar-refractivity contribution in [3.8, 4) is 0 Å². The van der Waals surface area contributed by atoms with E-state index in [-0.39, 0.29) is 19.1 Å². The molecule has 35 heavy (non-hydrogen) atoms. The summed E-state index contributed by atoms with van der Waals surface area (Å²) in [6.07, 6.45) is -1.04. The lowest BCUT2D eigenvalue weighted by Crippen LogP contribution is -2.49. The second-order valence-electron chi connectivity index (χ2n) is 9.05. The topological polar surface area (TPSA) is 152 Å². The van der Waals surface area contributed by atoms with E-state index in [2.05, 4.69) is 21.3 Å². The molecule has 1 aromatic carbocycles. The van der Waals surface area contributed by atoms with Gasteiger partial charge in [-0.1, -0.05) is 44.2 Å². The number of ether oxygens (including phenoxy) is 2. The first-order chi connectivity index (χ1) is 16.5. The number of alkyl carbamates (subject to hydrolysis) is 1. The molecule has 1 saturated heterocycles. The van der Waals surface area contributed by atoms with E-state index in [1.165, 1.54) is 7.05 Å². The molecule has 1 aromatic rings. The van der Waals surface area contributed by atoms with Crippen LogP contribution in [0.3, 0.4) is 0 Å². The Kier molecular flexibility index (Phi) is 10.0. The minimum Gasteiger partial charge on any atom is -0.462 e. The van der Waals surface area contributed by atoms with E-state index < -0.39 is 47.4 Å². The number of ketones is 1. The number of carbonyl (C=O) groups excluding carboxylic acids is 5. The van der Waals surface area contributed by atoms with Gasteiger partial charge in [-0.25, -0.2) is 14.4 Å². The van der Waals surface area contributed by atoms with Gasteiger partial charge in [0.25, 0.3) is 5.91 Å². The third kappa shape index (κ3) is 8.27. The van der Waals surface area contributed by atoms with Crippen molar-refractivity contribution >= 4 is 29.8 Å². The highest BCUT2D eigenvalue weighted by Crippen LogP contribution is 2.31. The maximum absolute atomic E-state index is 12.9. The quantitative estimate of drug-likeness (QED) is 0.209. The van der Waals surface area contributed by atoms with Gasteiger partial charge in [0.1, 0.15) is 12.6 Å². The molecule has 0 saturated carbocycles. The molecule has 0 aliphatic carbocycles. The molecule has 0 spiro atoms. The van der Waals surface area contributed by atoms with Gasteiger partial charge in [0.2, 0.25) is 11.9 Å². The van der Waals surface area contributed by atoms with Gasteiger partial charge < -0.3 is 30.7 Å². The zero-order valence-corrected chi connectivity index (χ0v) is 20.5. The largest absolute Gasteiger partial charge is 0.462 e. The normalized spacial score (nSPS) is 17.9. The molecule has 0 radical (unpaired) electrons. The molecule has 0 bridgehead atoms. The van der Waals surface area contributed by atoms with Crippen LogP contribution in [0.2, 0.25) is 0 Å². The monoisotopic (exact) mass is 490 g/mol. The van der Waals surface area contributed by atoms with Gasteiger partial charge in [0.05, 0.1) is 6.04 Å². The zero-order chi connectivity index (χ0) is 26.0. The Labute approximate surface area is 204 Å². The van der Waals surface area contributed by atoms with Crippen molar-refractivity contribution in [2.75, 3.05) is 20.2 Å². The summed E-state index contributed by atoms with van der Waals surface area (Å²) in [4.78, 5) is 61.4. The molecule has 4 amide bonds. The first-order valence-electron chi connectivity index (χ1n) is 11.5. The summed E-state index contributed by atoms with van der Waals surface area (Å²) in [5.74, 6) is -2.35. The van der Waals surface area contributed by atoms with E-state index >= 15 is 0 Å². The van der Waals surface area contributed by atoms with Crippen molar-refractivity contribution < 1.29 is 33.4 Å². The van der Waals surface area contributed by atoms with Gasteiger partial charge in [-0.15, -0.1) is 0 Å².